The van der Waals surface area contributed by atoms with Crippen LogP contribution in [0.25, 0.3) is 0 Å². The Morgan fingerprint density at radius 3 is 2.45 bits per heavy atom. The summed E-state index contributed by atoms with van der Waals surface area (Å²) in [5, 5.41) is 21.8. The van der Waals surface area contributed by atoms with Gasteiger partial charge in [-0.05, 0) is 87.4 Å². The number of ether oxygens (including phenoxy) is 1. The highest BCUT2D eigenvalue weighted by atomic mass is 19.1. The SMILES string of the molecule is CC(C)[C@H]1NC(=O)[C@@H](Cc2ccc(O)c(F)c2)N[C@@H](C)COc2ccccc2CCCNC(=O)[C@H](CN2CCCC2)NC1=O. The van der Waals surface area contributed by atoms with E-state index in [1.165, 1.54) is 12.1 Å². The summed E-state index contributed by atoms with van der Waals surface area (Å²) >= 11 is 0. The van der Waals surface area contributed by atoms with Crippen molar-refractivity contribution in [3.8, 4) is 11.5 Å². The van der Waals surface area contributed by atoms with Gasteiger partial charge in [0, 0.05) is 19.1 Å². The number of benzene rings is 2. The Morgan fingerprint density at radius 2 is 1.73 bits per heavy atom. The molecule has 0 saturated carbocycles. The van der Waals surface area contributed by atoms with Crippen LogP contribution >= 0.6 is 0 Å². The van der Waals surface area contributed by atoms with Gasteiger partial charge in [0.15, 0.2) is 11.6 Å². The fraction of sp³-hybridized carbons (Fsp3) is 0.545. The van der Waals surface area contributed by atoms with Crippen LogP contribution in [0.3, 0.4) is 0 Å². The van der Waals surface area contributed by atoms with Crippen LogP contribution in [0.1, 0.15) is 51.2 Å². The van der Waals surface area contributed by atoms with Gasteiger partial charge in [-0.25, -0.2) is 4.39 Å². The highest BCUT2D eigenvalue weighted by Gasteiger charge is 2.32. The van der Waals surface area contributed by atoms with Crippen LogP contribution in [0.2, 0.25) is 0 Å². The number of amides is 3. The Morgan fingerprint density at radius 1 is 0.977 bits per heavy atom. The lowest BCUT2D eigenvalue weighted by Crippen LogP contribution is -2.60. The minimum Gasteiger partial charge on any atom is -0.505 e. The minimum atomic E-state index is -0.908. The number of nitrogens with zero attached hydrogens (tertiary/aromatic N) is 1. The highest BCUT2D eigenvalue weighted by Crippen LogP contribution is 2.21. The van der Waals surface area contributed by atoms with E-state index in [4.69, 9.17) is 4.74 Å². The van der Waals surface area contributed by atoms with Crippen molar-refractivity contribution in [1.29, 1.82) is 0 Å². The smallest absolute Gasteiger partial charge is 0.243 e. The van der Waals surface area contributed by atoms with E-state index in [0.717, 1.165) is 37.2 Å². The van der Waals surface area contributed by atoms with E-state index in [1.807, 2.05) is 45.0 Å². The molecule has 0 radical (unpaired) electrons. The number of likely N-dealkylation sites (tertiary alicyclic amines) is 1. The maximum atomic E-state index is 14.2. The number of hydrogen-bond acceptors (Lipinski definition) is 7. The Labute approximate surface area is 259 Å². The monoisotopic (exact) mass is 611 g/mol. The molecule has 0 spiro atoms. The molecule has 0 bridgehead atoms. The summed E-state index contributed by atoms with van der Waals surface area (Å²) in [5.41, 5.74) is 1.51. The number of phenols is 1. The molecule has 1 saturated heterocycles. The van der Waals surface area contributed by atoms with Crippen LogP contribution in [-0.4, -0.2) is 84.7 Å². The van der Waals surface area contributed by atoms with E-state index in [1.54, 1.807) is 6.07 Å². The molecule has 2 aliphatic heterocycles. The van der Waals surface area contributed by atoms with E-state index >= 15 is 0 Å². The summed E-state index contributed by atoms with van der Waals surface area (Å²) in [4.78, 5) is 42.9. The first-order chi connectivity index (χ1) is 21.1. The third kappa shape index (κ3) is 9.40. The van der Waals surface area contributed by atoms with Gasteiger partial charge in [-0.3, -0.25) is 19.7 Å². The van der Waals surface area contributed by atoms with E-state index in [-0.39, 0.29) is 30.9 Å². The Balaban J connectivity index is 1.61. The van der Waals surface area contributed by atoms with Crippen molar-refractivity contribution >= 4 is 17.7 Å². The molecule has 4 atom stereocenters. The van der Waals surface area contributed by atoms with Crippen LogP contribution in [-0.2, 0) is 27.2 Å². The van der Waals surface area contributed by atoms with Gasteiger partial charge in [-0.15, -0.1) is 0 Å². The van der Waals surface area contributed by atoms with Gasteiger partial charge in [0.2, 0.25) is 17.7 Å². The van der Waals surface area contributed by atoms with E-state index < -0.39 is 41.5 Å². The average molecular weight is 612 g/mol. The molecular weight excluding hydrogens is 565 g/mol. The standard InChI is InChI=1S/C33H46FN5O5/c1-21(2)30-33(43)37-27(19-39-15-6-7-16-39)31(41)35-14-8-10-24-9-4-5-11-29(24)44-20-22(3)36-26(32(42)38-30)18-23-12-13-28(40)25(34)17-23/h4-5,9,11-13,17,21-22,26-27,30,36,40H,6-8,10,14-16,18-20H2,1-3H3,(H,35,41)(H,37,43)(H,38,42)/t22-,26+,27-,30+/m0/s1. The number of carbonyl (C=O) groups is 3. The summed E-state index contributed by atoms with van der Waals surface area (Å²) in [6, 6.07) is 8.94. The fourth-order valence-electron chi connectivity index (χ4n) is 5.68. The second-order valence-electron chi connectivity index (χ2n) is 12.2. The molecule has 0 aliphatic carbocycles. The molecule has 0 aromatic heterocycles. The van der Waals surface area contributed by atoms with Crippen molar-refractivity contribution in [2.24, 2.45) is 5.92 Å². The first-order valence-corrected chi connectivity index (χ1v) is 15.7. The largest absolute Gasteiger partial charge is 0.505 e. The molecule has 0 unspecified atom stereocenters. The summed E-state index contributed by atoms with van der Waals surface area (Å²) < 4.78 is 20.3. The van der Waals surface area contributed by atoms with E-state index in [9.17, 15) is 23.9 Å². The number of nitrogens with one attached hydrogen (secondary N) is 4. The van der Waals surface area contributed by atoms with E-state index in [2.05, 4.69) is 26.2 Å². The molecule has 4 rings (SSSR count). The lowest BCUT2D eigenvalue weighted by atomic mass is 10.00. The zero-order chi connectivity index (χ0) is 31.6. The molecule has 11 heteroatoms. The van der Waals surface area contributed by atoms with Gasteiger partial charge in [0.1, 0.15) is 24.4 Å². The van der Waals surface area contributed by atoms with Crippen molar-refractivity contribution in [2.45, 2.75) is 77.0 Å². The van der Waals surface area contributed by atoms with Crippen LogP contribution in [0.5, 0.6) is 11.5 Å². The van der Waals surface area contributed by atoms with Crippen molar-refractivity contribution in [3.63, 3.8) is 0 Å². The Hall–Kier alpha value is -3.70. The zero-order valence-corrected chi connectivity index (χ0v) is 25.9. The normalized spacial score (nSPS) is 24.8. The second kappa shape index (κ2) is 15.9. The lowest BCUT2D eigenvalue weighted by molar-refractivity contribution is -0.133. The molecule has 44 heavy (non-hydrogen) atoms. The second-order valence-corrected chi connectivity index (χ2v) is 12.2. The van der Waals surface area contributed by atoms with Crippen molar-refractivity contribution < 1.29 is 28.6 Å². The molecule has 2 aliphatic rings. The predicted molar refractivity (Wildman–Crippen MR) is 166 cm³/mol. The van der Waals surface area contributed by atoms with Crippen LogP contribution in [0.15, 0.2) is 42.5 Å². The number of aryl methyl sites for hydroxylation is 1. The molecule has 5 N–H and O–H groups in total. The van der Waals surface area contributed by atoms with Gasteiger partial charge < -0.3 is 30.7 Å². The van der Waals surface area contributed by atoms with Gasteiger partial charge in [-0.1, -0.05) is 38.1 Å². The van der Waals surface area contributed by atoms with Gasteiger partial charge in [0.25, 0.3) is 0 Å². The maximum Gasteiger partial charge on any atom is 0.243 e. The topological polar surface area (TPSA) is 132 Å². The van der Waals surface area contributed by atoms with Crippen LogP contribution < -0.4 is 26.0 Å². The third-order valence-electron chi connectivity index (χ3n) is 8.16. The summed E-state index contributed by atoms with van der Waals surface area (Å²) in [5.74, 6) is -1.93. The number of para-hydroxylation sites is 1. The van der Waals surface area contributed by atoms with Crippen molar-refractivity contribution in [2.75, 3.05) is 32.8 Å². The molecular formula is C33H46FN5O5. The number of fused-ring (bicyclic) bond motifs is 1. The zero-order valence-electron chi connectivity index (χ0n) is 25.9. The number of carbonyl (C=O) groups excluding carboxylic acids is 3. The van der Waals surface area contributed by atoms with Gasteiger partial charge >= 0.3 is 0 Å². The number of phenolic OH excluding ortho intramolecular Hbond substituents is 1. The Kier molecular flexibility index (Phi) is 12.0. The summed E-state index contributed by atoms with van der Waals surface area (Å²) in [6.45, 7) is 8.38. The third-order valence-corrected chi connectivity index (χ3v) is 8.16. The van der Waals surface area contributed by atoms with Crippen molar-refractivity contribution in [3.05, 3.63) is 59.4 Å². The quantitative estimate of drug-likeness (QED) is 0.351. The maximum absolute atomic E-state index is 14.2. The minimum absolute atomic E-state index is 0.108. The fourth-order valence-corrected chi connectivity index (χ4v) is 5.68. The predicted octanol–water partition coefficient (Wildman–Crippen LogP) is 2.28. The van der Waals surface area contributed by atoms with Crippen LogP contribution in [0.4, 0.5) is 4.39 Å². The van der Waals surface area contributed by atoms with Crippen LogP contribution in [0, 0.1) is 11.7 Å². The number of rotatable bonds is 5. The molecule has 2 aromatic rings. The van der Waals surface area contributed by atoms with E-state index in [0.29, 0.717) is 31.5 Å². The average Bonchev–Trinajstić information content (AvgIpc) is 3.51. The molecule has 1 fully saturated rings. The highest BCUT2D eigenvalue weighted by molar-refractivity contribution is 5.93. The number of halogens is 1. The summed E-state index contributed by atoms with van der Waals surface area (Å²) in [7, 11) is 0. The number of hydrogen-bond donors (Lipinski definition) is 5. The first-order valence-electron chi connectivity index (χ1n) is 15.7. The van der Waals surface area contributed by atoms with Gasteiger partial charge in [0.05, 0.1) is 6.04 Å². The lowest BCUT2D eigenvalue weighted by Gasteiger charge is -2.30. The molecule has 240 valence electrons. The molecule has 3 amide bonds. The Bertz CT molecular complexity index is 1280. The molecule has 10 nitrogen and oxygen atoms in total. The summed E-state index contributed by atoms with van der Waals surface area (Å²) in [6.07, 6.45) is 3.59. The molecule has 2 aromatic carbocycles. The van der Waals surface area contributed by atoms with Crippen molar-refractivity contribution in [1.82, 2.24) is 26.2 Å². The molecule has 2 heterocycles. The first kappa shape index (κ1) is 33.2. The van der Waals surface area contributed by atoms with Gasteiger partial charge in [-0.2, -0.15) is 0 Å². The number of aromatic hydroxyl groups is 1.